The number of pyridine rings is 1. The summed E-state index contributed by atoms with van der Waals surface area (Å²) in [5, 5.41) is 13.4. The number of nitrogens with zero attached hydrogens (tertiary/aromatic N) is 4. The lowest BCUT2D eigenvalue weighted by atomic mass is 9.98. The van der Waals surface area contributed by atoms with Gasteiger partial charge in [0.15, 0.2) is 11.5 Å². The number of rotatable bonds is 2. The summed E-state index contributed by atoms with van der Waals surface area (Å²) in [6.07, 6.45) is 3.89. The molecular formula is C13H16N4O2. The Bertz CT molecular complexity index is 622. The van der Waals surface area contributed by atoms with Crippen molar-refractivity contribution in [3.05, 3.63) is 29.7 Å². The Balaban J connectivity index is 1.94. The van der Waals surface area contributed by atoms with Crippen molar-refractivity contribution in [3.8, 4) is 0 Å². The second kappa shape index (κ2) is 4.62. The fourth-order valence-corrected chi connectivity index (χ4v) is 2.58. The van der Waals surface area contributed by atoms with E-state index in [1.54, 1.807) is 22.8 Å². The van der Waals surface area contributed by atoms with Gasteiger partial charge < -0.3 is 10.0 Å². The highest BCUT2D eigenvalue weighted by atomic mass is 16.4. The third-order valence-electron chi connectivity index (χ3n) is 3.59. The van der Waals surface area contributed by atoms with Crippen molar-refractivity contribution < 1.29 is 9.90 Å². The molecular weight excluding hydrogens is 244 g/mol. The first-order chi connectivity index (χ1) is 9.13. The van der Waals surface area contributed by atoms with Crippen LogP contribution in [0.1, 0.15) is 34.9 Å². The molecule has 1 N–H and O–H groups in total. The SMILES string of the molecule is CN1CCCC(c2nc3cc(C(=O)O)ccn3n2)C1. The van der Waals surface area contributed by atoms with Crippen LogP contribution in [0.4, 0.5) is 0 Å². The molecule has 2 aromatic heterocycles. The number of likely N-dealkylation sites (N-methyl/N-ethyl adjacent to an activating group) is 1. The topological polar surface area (TPSA) is 70.7 Å². The normalized spacial score (nSPS) is 20.8. The Labute approximate surface area is 110 Å². The molecule has 6 heteroatoms. The lowest BCUT2D eigenvalue weighted by Gasteiger charge is -2.27. The number of carboxylic acid groups (broad SMARTS) is 1. The quantitative estimate of drug-likeness (QED) is 0.879. The van der Waals surface area contributed by atoms with Crippen LogP contribution in [0.5, 0.6) is 0 Å². The summed E-state index contributed by atoms with van der Waals surface area (Å²) < 4.78 is 1.65. The average Bonchev–Trinajstić information content (AvgIpc) is 2.81. The van der Waals surface area contributed by atoms with Gasteiger partial charge in [-0.05, 0) is 38.6 Å². The Kier molecular flexibility index (Phi) is 2.94. The third-order valence-corrected chi connectivity index (χ3v) is 3.59. The first-order valence-corrected chi connectivity index (χ1v) is 6.41. The van der Waals surface area contributed by atoms with Crippen LogP contribution in [0.3, 0.4) is 0 Å². The van der Waals surface area contributed by atoms with Gasteiger partial charge in [0.25, 0.3) is 0 Å². The van der Waals surface area contributed by atoms with Crippen molar-refractivity contribution in [2.45, 2.75) is 18.8 Å². The second-order valence-electron chi connectivity index (χ2n) is 5.09. The van der Waals surface area contributed by atoms with E-state index < -0.39 is 5.97 Å². The van der Waals surface area contributed by atoms with Gasteiger partial charge in [0.1, 0.15) is 0 Å². The fourth-order valence-electron chi connectivity index (χ4n) is 2.58. The minimum Gasteiger partial charge on any atom is -0.478 e. The molecule has 1 aliphatic heterocycles. The number of likely N-dealkylation sites (tertiary alicyclic amines) is 1. The molecule has 1 aliphatic rings. The number of aromatic carboxylic acids is 1. The molecule has 0 saturated carbocycles. The molecule has 0 spiro atoms. The maximum Gasteiger partial charge on any atom is 0.335 e. The van der Waals surface area contributed by atoms with Crippen molar-refractivity contribution in [2.75, 3.05) is 20.1 Å². The molecule has 0 aromatic carbocycles. The van der Waals surface area contributed by atoms with Crippen LogP contribution < -0.4 is 0 Å². The van der Waals surface area contributed by atoms with Crippen molar-refractivity contribution >= 4 is 11.6 Å². The van der Waals surface area contributed by atoms with E-state index >= 15 is 0 Å². The summed E-state index contributed by atoms with van der Waals surface area (Å²) in [4.78, 5) is 17.7. The van der Waals surface area contributed by atoms with Gasteiger partial charge in [-0.1, -0.05) is 0 Å². The molecule has 6 nitrogen and oxygen atoms in total. The van der Waals surface area contributed by atoms with E-state index in [0.717, 1.165) is 31.8 Å². The van der Waals surface area contributed by atoms with Crippen molar-refractivity contribution in [2.24, 2.45) is 0 Å². The lowest BCUT2D eigenvalue weighted by molar-refractivity contribution is 0.0697. The fraction of sp³-hybridized carbons (Fsp3) is 0.462. The summed E-state index contributed by atoms with van der Waals surface area (Å²) in [6.45, 7) is 2.08. The average molecular weight is 260 g/mol. The smallest absolute Gasteiger partial charge is 0.335 e. The zero-order chi connectivity index (χ0) is 13.4. The van der Waals surface area contributed by atoms with Gasteiger partial charge in [-0.25, -0.2) is 14.3 Å². The molecule has 19 heavy (non-hydrogen) atoms. The van der Waals surface area contributed by atoms with Gasteiger partial charge in [-0.3, -0.25) is 0 Å². The van der Waals surface area contributed by atoms with Crippen LogP contribution >= 0.6 is 0 Å². The van der Waals surface area contributed by atoms with E-state index in [1.807, 2.05) is 0 Å². The van der Waals surface area contributed by atoms with Crippen LogP contribution in [-0.4, -0.2) is 50.7 Å². The van der Waals surface area contributed by atoms with Gasteiger partial charge in [-0.2, -0.15) is 5.10 Å². The number of hydrogen-bond acceptors (Lipinski definition) is 4. The van der Waals surface area contributed by atoms with Gasteiger partial charge in [0.05, 0.1) is 5.56 Å². The molecule has 0 bridgehead atoms. The highest BCUT2D eigenvalue weighted by molar-refractivity contribution is 5.88. The number of fused-ring (bicyclic) bond motifs is 1. The Morgan fingerprint density at radius 3 is 3.11 bits per heavy atom. The molecule has 3 heterocycles. The van der Waals surface area contributed by atoms with Crippen molar-refractivity contribution in [1.82, 2.24) is 19.5 Å². The van der Waals surface area contributed by atoms with Crippen LogP contribution in [0, 0.1) is 0 Å². The lowest BCUT2D eigenvalue weighted by Crippen LogP contribution is -2.31. The summed E-state index contributed by atoms with van der Waals surface area (Å²) >= 11 is 0. The van der Waals surface area contributed by atoms with Crippen LogP contribution in [0.2, 0.25) is 0 Å². The maximum absolute atomic E-state index is 10.9. The van der Waals surface area contributed by atoms with Gasteiger partial charge in [-0.15, -0.1) is 0 Å². The highest BCUT2D eigenvalue weighted by Gasteiger charge is 2.22. The number of carboxylic acids is 1. The van der Waals surface area contributed by atoms with Crippen LogP contribution in [0.25, 0.3) is 5.65 Å². The van der Waals surface area contributed by atoms with E-state index in [9.17, 15) is 4.79 Å². The predicted octanol–water partition coefficient (Wildman–Crippen LogP) is 1.24. The maximum atomic E-state index is 10.9. The molecule has 1 unspecified atom stereocenters. The number of aromatic nitrogens is 3. The van der Waals surface area contributed by atoms with Crippen LogP contribution in [-0.2, 0) is 0 Å². The Morgan fingerprint density at radius 2 is 2.37 bits per heavy atom. The summed E-state index contributed by atoms with van der Waals surface area (Å²) in [6, 6.07) is 3.10. The molecule has 1 atom stereocenters. The summed E-state index contributed by atoms with van der Waals surface area (Å²) in [7, 11) is 2.10. The second-order valence-corrected chi connectivity index (χ2v) is 5.09. The molecule has 0 radical (unpaired) electrons. The number of piperidine rings is 1. The molecule has 100 valence electrons. The zero-order valence-corrected chi connectivity index (χ0v) is 10.8. The monoisotopic (exact) mass is 260 g/mol. The summed E-state index contributed by atoms with van der Waals surface area (Å²) in [5.74, 6) is 0.213. The van der Waals surface area contributed by atoms with Crippen molar-refractivity contribution in [1.29, 1.82) is 0 Å². The first kappa shape index (κ1) is 12.1. The Morgan fingerprint density at radius 1 is 1.53 bits per heavy atom. The first-order valence-electron chi connectivity index (χ1n) is 6.41. The van der Waals surface area contributed by atoms with Crippen LogP contribution in [0.15, 0.2) is 18.3 Å². The largest absolute Gasteiger partial charge is 0.478 e. The standard InChI is InChI=1S/C13H16N4O2/c1-16-5-2-3-10(8-16)12-14-11-7-9(13(18)19)4-6-17(11)15-12/h4,6-7,10H,2-3,5,8H2,1H3,(H,18,19). The molecule has 1 fully saturated rings. The zero-order valence-electron chi connectivity index (χ0n) is 10.8. The van der Waals surface area contributed by atoms with Gasteiger partial charge >= 0.3 is 5.97 Å². The molecule has 3 rings (SSSR count). The number of carbonyl (C=O) groups is 1. The molecule has 0 amide bonds. The third kappa shape index (κ3) is 2.31. The van der Waals surface area contributed by atoms with Crippen molar-refractivity contribution in [3.63, 3.8) is 0 Å². The van der Waals surface area contributed by atoms with E-state index in [2.05, 4.69) is 22.0 Å². The minimum atomic E-state index is -0.940. The van der Waals surface area contributed by atoms with Gasteiger partial charge in [0, 0.05) is 18.7 Å². The molecule has 2 aromatic rings. The van der Waals surface area contributed by atoms with Gasteiger partial charge in [0.2, 0.25) is 0 Å². The van der Waals surface area contributed by atoms with E-state index in [1.165, 1.54) is 0 Å². The molecule has 0 aliphatic carbocycles. The Hall–Kier alpha value is -1.95. The predicted molar refractivity (Wildman–Crippen MR) is 69.4 cm³/mol. The van der Waals surface area contributed by atoms with E-state index in [0.29, 0.717) is 11.6 Å². The molecule has 1 saturated heterocycles. The van der Waals surface area contributed by atoms with E-state index in [4.69, 9.17) is 5.11 Å². The minimum absolute atomic E-state index is 0.243. The summed E-state index contributed by atoms with van der Waals surface area (Å²) in [5.41, 5.74) is 0.843. The number of hydrogen-bond donors (Lipinski definition) is 1. The highest BCUT2D eigenvalue weighted by Crippen LogP contribution is 2.24. The van der Waals surface area contributed by atoms with E-state index in [-0.39, 0.29) is 5.56 Å².